The first-order chi connectivity index (χ1) is 9.34. The molecular weight excluding hydrogens is 218 g/mol. The fourth-order valence-corrected chi connectivity index (χ4v) is 2.17. The third kappa shape index (κ3) is 2.79. The highest BCUT2D eigenvalue weighted by Crippen LogP contribution is 2.20. The van der Waals surface area contributed by atoms with Crippen molar-refractivity contribution in [2.24, 2.45) is 13.0 Å². The number of aryl methyl sites for hydroxylation is 2. The van der Waals surface area contributed by atoms with Gasteiger partial charge in [-0.05, 0) is 36.9 Å². The summed E-state index contributed by atoms with van der Waals surface area (Å²) in [5, 5.41) is 0. The average molecular weight is 242 g/mol. The second-order valence-corrected chi connectivity index (χ2v) is 5.03. The molecule has 0 aliphatic rings. The Hall–Kier alpha value is -1.63. The van der Waals surface area contributed by atoms with Gasteiger partial charge in [-0.3, -0.25) is 0 Å². The molecule has 0 aliphatic heterocycles. The summed E-state index contributed by atoms with van der Waals surface area (Å²) in [5.41, 5.74) is 4.24. The van der Waals surface area contributed by atoms with E-state index in [1.165, 1.54) is 11.1 Å². The molecule has 2 aromatic rings. The van der Waals surface area contributed by atoms with Gasteiger partial charge in [0.1, 0.15) is 7.05 Å². The quantitative estimate of drug-likeness (QED) is 0.723. The first kappa shape index (κ1) is 10.3. The molecular formula is C17H22N+. The molecule has 1 aromatic heterocycles. The number of hydrogen-bond donors (Lipinski definition) is 0. The highest BCUT2D eigenvalue weighted by molar-refractivity contribution is 5.60. The van der Waals surface area contributed by atoms with Crippen molar-refractivity contribution in [2.45, 2.75) is 27.1 Å². The predicted octanol–water partition coefficient (Wildman–Crippen LogP) is 3.69. The van der Waals surface area contributed by atoms with Crippen LogP contribution in [0.1, 0.15) is 27.7 Å². The zero-order valence-corrected chi connectivity index (χ0v) is 11.6. The van der Waals surface area contributed by atoms with Gasteiger partial charge in [0.05, 0.1) is 0 Å². The Labute approximate surface area is 113 Å². The van der Waals surface area contributed by atoms with Crippen LogP contribution in [-0.4, -0.2) is 0 Å². The van der Waals surface area contributed by atoms with Crippen LogP contribution >= 0.6 is 0 Å². The molecule has 18 heavy (non-hydrogen) atoms. The van der Waals surface area contributed by atoms with Gasteiger partial charge in [-0.15, -0.1) is 0 Å². The Balaban J connectivity index is 2.49. The number of benzene rings is 1. The van der Waals surface area contributed by atoms with E-state index >= 15 is 0 Å². The molecule has 0 fully saturated rings. The summed E-state index contributed by atoms with van der Waals surface area (Å²) < 4.78 is 18.4. The number of aromatic nitrogens is 1. The van der Waals surface area contributed by atoms with Crippen LogP contribution in [0.15, 0.2) is 42.6 Å². The van der Waals surface area contributed by atoms with Crippen molar-refractivity contribution in [3.63, 3.8) is 0 Å². The lowest BCUT2D eigenvalue weighted by atomic mass is 10.0. The number of nitrogens with zero attached hydrogens (tertiary/aromatic N) is 1. The van der Waals surface area contributed by atoms with E-state index in [1.807, 2.05) is 55.9 Å². The van der Waals surface area contributed by atoms with Gasteiger partial charge < -0.3 is 0 Å². The SMILES string of the molecule is [2H]C([2H])(c1ccc(-c2ccccc2C)[n+](C)c1)C(C)C. The van der Waals surface area contributed by atoms with Gasteiger partial charge >= 0.3 is 0 Å². The fraction of sp³-hybridized carbons (Fsp3) is 0.353. The summed E-state index contributed by atoms with van der Waals surface area (Å²) in [6.07, 6.45) is 0.601. The van der Waals surface area contributed by atoms with Crippen LogP contribution in [0.4, 0.5) is 0 Å². The van der Waals surface area contributed by atoms with Crippen molar-refractivity contribution in [3.05, 3.63) is 53.7 Å². The maximum Gasteiger partial charge on any atom is 0.212 e. The van der Waals surface area contributed by atoms with Gasteiger partial charge in [0.15, 0.2) is 6.20 Å². The van der Waals surface area contributed by atoms with Crippen LogP contribution in [0.25, 0.3) is 11.3 Å². The summed E-state index contributed by atoms with van der Waals surface area (Å²) in [5.74, 6) is -0.0492. The van der Waals surface area contributed by atoms with E-state index in [9.17, 15) is 0 Å². The van der Waals surface area contributed by atoms with Gasteiger partial charge in [0.25, 0.3) is 0 Å². The Bertz CT molecular complexity index is 618. The van der Waals surface area contributed by atoms with Gasteiger partial charge in [-0.2, -0.15) is 0 Å². The summed E-state index contributed by atoms with van der Waals surface area (Å²) in [4.78, 5) is 0. The molecule has 0 radical (unpaired) electrons. The van der Waals surface area contributed by atoms with Crippen molar-refractivity contribution in [3.8, 4) is 11.3 Å². The zero-order valence-electron chi connectivity index (χ0n) is 13.6. The highest BCUT2D eigenvalue weighted by atomic mass is 14.9. The fourth-order valence-electron chi connectivity index (χ4n) is 2.17. The topological polar surface area (TPSA) is 3.88 Å². The molecule has 1 nitrogen and oxygen atoms in total. The third-order valence-corrected chi connectivity index (χ3v) is 3.01. The number of rotatable bonds is 3. The number of hydrogen-bond acceptors (Lipinski definition) is 0. The van der Waals surface area contributed by atoms with Crippen molar-refractivity contribution >= 4 is 0 Å². The maximum absolute atomic E-state index is 8.19. The van der Waals surface area contributed by atoms with E-state index in [0.717, 1.165) is 11.3 Å². The van der Waals surface area contributed by atoms with Crippen molar-refractivity contribution in [2.75, 3.05) is 0 Å². The van der Waals surface area contributed by atoms with Crippen LogP contribution < -0.4 is 4.57 Å². The Kier molecular flexibility index (Phi) is 3.06. The van der Waals surface area contributed by atoms with Gasteiger partial charge in [-0.25, -0.2) is 4.57 Å². The second kappa shape index (κ2) is 5.34. The molecule has 0 N–H and O–H groups in total. The molecule has 0 aliphatic carbocycles. The third-order valence-electron chi connectivity index (χ3n) is 3.01. The van der Waals surface area contributed by atoms with Gasteiger partial charge in [-0.1, -0.05) is 32.0 Å². The van der Waals surface area contributed by atoms with Crippen molar-refractivity contribution in [1.29, 1.82) is 0 Å². The minimum Gasteiger partial charge on any atom is -0.201 e. The van der Waals surface area contributed by atoms with Crippen molar-refractivity contribution in [1.82, 2.24) is 0 Å². The lowest BCUT2D eigenvalue weighted by molar-refractivity contribution is -0.660. The minimum absolute atomic E-state index is 0.0492. The normalized spacial score (nSPS) is 13.4. The van der Waals surface area contributed by atoms with E-state index in [-0.39, 0.29) is 5.92 Å². The Morgan fingerprint density at radius 2 is 1.89 bits per heavy atom. The monoisotopic (exact) mass is 242 g/mol. The first-order valence-corrected chi connectivity index (χ1v) is 6.40. The number of pyridine rings is 1. The lowest BCUT2D eigenvalue weighted by Crippen LogP contribution is -2.31. The molecule has 1 heterocycles. The van der Waals surface area contributed by atoms with Crippen LogP contribution in [0.2, 0.25) is 0 Å². The zero-order chi connectivity index (χ0) is 14.9. The standard InChI is InChI=1S/C17H22N/c1-13(2)11-15-9-10-17(18(4)12-15)16-8-6-5-7-14(16)3/h5-10,12-13H,11H2,1-4H3/q+1/i11D2. The molecule has 0 saturated carbocycles. The van der Waals surface area contributed by atoms with E-state index in [0.29, 0.717) is 0 Å². The Morgan fingerprint density at radius 1 is 1.17 bits per heavy atom. The summed E-state index contributed by atoms with van der Waals surface area (Å²) in [7, 11) is 1.97. The van der Waals surface area contributed by atoms with E-state index < -0.39 is 6.37 Å². The van der Waals surface area contributed by atoms with Gasteiger partial charge in [0.2, 0.25) is 5.69 Å². The molecule has 1 heteroatoms. The molecule has 2 rings (SSSR count). The average Bonchev–Trinajstić information content (AvgIpc) is 2.39. The molecule has 0 amide bonds. The maximum atomic E-state index is 8.19. The van der Waals surface area contributed by atoms with Crippen molar-refractivity contribution < 1.29 is 7.31 Å². The molecule has 0 bridgehead atoms. The molecule has 94 valence electrons. The van der Waals surface area contributed by atoms with Gasteiger partial charge in [0, 0.05) is 19.9 Å². The largest absolute Gasteiger partial charge is 0.212 e. The van der Waals surface area contributed by atoms with E-state index in [4.69, 9.17) is 2.74 Å². The van der Waals surface area contributed by atoms with Crippen LogP contribution in [0.3, 0.4) is 0 Å². The first-order valence-electron chi connectivity index (χ1n) is 7.40. The lowest BCUT2D eigenvalue weighted by Gasteiger charge is -2.07. The van der Waals surface area contributed by atoms with E-state index in [1.54, 1.807) is 0 Å². The summed E-state index contributed by atoms with van der Waals surface area (Å²) in [6.45, 7) is 5.92. The van der Waals surface area contributed by atoms with Crippen LogP contribution in [-0.2, 0) is 13.4 Å². The molecule has 0 spiro atoms. The van der Waals surface area contributed by atoms with E-state index in [2.05, 4.69) is 19.1 Å². The summed E-state index contributed by atoms with van der Waals surface area (Å²) >= 11 is 0. The van der Waals surface area contributed by atoms with Crippen LogP contribution in [0, 0.1) is 12.8 Å². The Morgan fingerprint density at radius 3 is 2.50 bits per heavy atom. The molecule has 0 unspecified atom stereocenters. The predicted molar refractivity (Wildman–Crippen MR) is 76.3 cm³/mol. The minimum atomic E-state index is -1.30. The smallest absolute Gasteiger partial charge is 0.201 e. The van der Waals surface area contributed by atoms with Crippen LogP contribution in [0.5, 0.6) is 0 Å². The molecule has 1 aromatic carbocycles. The summed E-state index contributed by atoms with van der Waals surface area (Å²) in [6, 6.07) is 12.2. The highest BCUT2D eigenvalue weighted by Gasteiger charge is 2.12. The molecule has 0 atom stereocenters. The second-order valence-electron chi connectivity index (χ2n) is 5.03. The molecule has 0 saturated heterocycles.